The minimum atomic E-state index is -0.499. The number of nitrogens with one attached hydrogen (secondary N) is 1. The van der Waals surface area contributed by atoms with Gasteiger partial charge in [0.1, 0.15) is 23.7 Å². The highest BCUT2D eigenvalue weighted by atomic mass is 19.1. The molecule has 1 aromatic heterocycles. The van der Waals surface area contributed by atoms with Gasteiger partial charge in [-0.1, -0.05) is 30.3 Å². The summed E-state index contributed by atoms with van der Waals surface area (Å²) in [5.41, 5.74) is 3.54. The van der Waals surface area contributed by atoms with Gasteiger partial charge in [0, 0.05) is 30.1 Å². The summed E-state index contributed by atoms with van der Waals surface area (Å²) < 4.78 is 22.8. The molecule has 0 radical (unpaired) electrons. The number of aromatic nitrogens is 2. The number of carbonyl (C=O) groups is 1. The lowest BCUT2D eigenvalue weighted by Crippen LogP contribution is -2.58. The van der Waals surface area contributed by atoms with E-state index in [0.29, 0.717) is 42.0 Å². The van der Waals surface area contributed by atoms with Crippen LogP contribution in [0.5, 0.6) is 11.8 Å². The minimum absolute atomic E-state index is 0.0294. The fourth-order valence-electron chi connectivity index (χ4n) is 7.07. The monoisotopic (exact) mass is 586 g/mol. The molecular weight excluding hydrogens is 551 g/mol. The summed E-state index contributed by atoms with van der Waals surface area (Å²) in [6.45, 7) is 2.52. The number of hydrogen-bond acceptors (Lipinski definition) is 8. The van der Waals surface area contributed by atoms with Gasteiger partial charge < -0.3 is 24.5 Å². The molecule has 10 nitrogen and oxygen atoms in total. The van der Waals surface area contributed by atoms with Crippen molar-refractivity contribution in [3.63, 3.8) is 0 Å². The standard InChI is InChI=1S/C32H35FN6O4/c1-37-13-5-7-22(37)18-43-31-34-29-26(30(35-31)38-16-20-9-10-21(17-38)39(20)32(41)36-42-2)12-11-25(28(29)33)27-15-23(40)14-19-6-3-4-8-24(19)27/h3-4,6,8,11-12,14-15,20-22,40H,5,7,9-10,13,16-18H2,1-2H3,(H,36,41). The van der Waals surface area contributed by atoms with Crippen LogP contribution in [0.3, 0.4) is 0 Å². The first kappa shape index (κ1) is 27.6. The number of piperazine rings is 1. The zero-order chi connectivity index (χ0) is 29.7. The summed E-state index contributed by atoms with van der Waals surface area (Å²) in [7, 11) is 3.50. The molecule has 0 spiro atoms. The molecule has 43 heavy (non-hydrogen) atoms. The van der Waals surface area contributed by atoms with Crippen LogP contribution in [0.15, 0.2) is 48.5 Å². The van der Waals surface area contributed by atoms with Gasteiger partial charge in [-0.15, -0.1) is 0 Å². The highest BCUT2D eigenvalue weighted by molar-refractivity contribution is 6.01. The SMILES string of the molecule is CONC(=O)N1C2CCC1CN(c1nc(OCC3CCCN3C)nc3c(F)c(-c4cc(O)cc5ccccc45)ccc13)C2. The maximum Gasteiger partial charge on any atom is 0.341 e. The van der Waals surface area contributed by atoms with Crippen molar-refractivity contribution in [1.29, 1.82) is 0 Å². The number of anilines is 1. The number of hydroxylamine groups is 1. The lowest BCUT2D eigenvalue weighted by atomic mass is 9.96. The normalized spacial score (nSPS) is 22.1. The number of rotatable bonds is 6. The Morgan fingerprint density at radius 2 is 1.84 bits per heavy atom. The van der Waals surface area contributed by atoms with Gasteiger partial charge in [-0.3, -0.25) is 4.84 Å². The topological polar surface area (TPSA) is 103 Å². The zero-order valence-corrected chi connectivity index (χ0v) is 24.3. The number of carbonyl (C=O) groups excluding carboxylic acids is 1. The molecule has 11 heteroatoms. The Kier molecular flexibility index (Phi) is 7.14. The Morgan fingerprint density at radius 3 is 2.58 bits per heavy atom. The molecule has 3 aliphatic heterocycles. The molecule has 0 saturated carbocycles. The van der Waals surface area contributed by atoms with Gasteiger partial charge in [0.05, 0.1) is 19.2 Å². The zero-order valence-electron chi connectivity index (χ0n) is 24.3. The average molecular weight is 587 g/mol. The van der Waals surface area contributed by atoms with Crippen molar-refractivity contribution in [2.45, 2.75) is 43.8 Å². The maximum atomic E-state index is 16.6. The number of phenols is 1. The van der Waals surface area contributed by atoms with Crippen LogP contribution in [0, 0.1) is 5.82 Å². The molecule has 3 aromatic carbocycles. The third kappa shape index (κ3) is 4.96. The molecule has 3 fully saturated rings. The van der Waals surface area contributed by atoms with E-state index >= 15 is 4.39 Å². The molecule has 2 bridgehead atoms. The Labute approximate surface area is 249 Å². The Morgan fingerprint density at radius 1 is 1.05 bits per heavy atom. The highest BCUT2D eigenvalue weighted by Gasteiger charge is 2.43. The van der Waals surface area contributed by atoms with Crippen LogP contribution < -0.4 is 15.1 Å². The first-order valence-corrected chi connectivity index (χ1v) is 14.8. The van der Waals surface area contributed by atoms with Crippen LogP contribution in [-0.4, -0.2) is 89.4 Å². The molecule has 2 N–H and O–H groups in total. The van der Waals surface area contributed by atoms with E-state index in [0.717, 1.165) is 43.0 Å². The number of phenolic OH excluding ortho intramolecular Hbond substituents is 1. The van der Waals surface area contributed by atoms with Crippen LogP contribution in [0.4, 0.5) is 15.0 Å². The fraction of sp³-hybridized carbons (Fsp3) is 0.406. The molecule has 4 heterocycles. The molecule has 3 aliphatic rings. The molecule has 0 aliphatic carbocycles. The third-order valence-corrected chi connectivity index (χ3v) is 9.18. The van der Waals surface area contributed by atoms with Crippen LogP contribution in [-0.2, 0) is 4.84 Å². The summed E-state index contributed by atoms with van der Waals surface area (Å²) in [5, 5.41) is 12.7. The molecule has 3 atom stereocenters. The second kappa shape index (κ2) is 11.1. The van der Waals surface area contributed by atoms with Crippen LogP contribution >= 0.6 is 0 Å². The van der Waals surface area contributed by atoms with E-state index in [2.05, 4.69) is 27.3 Å². The van der Waals surface area contributed by atoms with Gasteiger partial charge in [0.2, 0.25) is 0 Å². The van der Waals surface area contributed by atoms with E-state index in [1.165, 1.54) is 7.11 Å². The number of benzene rings is 3. The van der Waals surface area contributed by atoms with Crippen LogP contribution in [0.25, 0.3) is 32.8 Å². The predicted molar refractivity (Wildman–Crippen MR) is 162 cm³/mol. The summed E-state index contributed by atoms with van der Waals surface area (Å²) in [6, 6.07) is 14.5. The van der Waals surface area contributed by atoms with Crippen LogP contribution in [0.2, 0.25) is 0 Å². The van der Waals surface area contributed by atoms with Crippen molar-refractivity contribution in [3.8, 4) is 22.9 Å². The maximum absolute atomic E-state index is 16.6. The molecule has 3 saturated heterocycles. The number of halogens is 1. The van der Waals surface area contributed by atoms with E-state index in [4.69, 9.17) is 14.6 Å². The number of nitrogens with zero attached hydrogens (tertiary/aromatic N) is 5. The minimum Gasteiger partial charge on any atom is -0.508 e. The van der Waals surface area contributed by atoms with Gasteiger partial charge in [0.15, 0.2) is 5.82 Å². The number of likely N-dealkylation sites (N-methyl/N-ethyl adjacent to an activating group) is 1. The average Bonchev–Trinajstić information content (AvgIpc) is 3.54. The fourth-order valence-corrected chi connectivity index (χ4v) is 7.07. The Bertz CT molecular complexity index is 1690. The first-order chi connectivity index (χ1) is 20.9. The van der Waals surface area contributed by atoms with Gasteiger partial charge in [-0.05, 0) is 73.8 Å². The molecular formula is C32H35FN6O4. The van der Waals surface area contributed by atoms with Crippen molar-refractivity contribution >= 4 is 33.5 Å². The summed E-state index contributed by atoms with van der Waals surface area (Å²) in [4.78, 5) is 33.3. The highest BCUT2D eigenvalue weighted by Crippen LogP contribution is 2.40. The lowest BCUT2D eigenvalue weighted by molar-refractivity contribution is 0.0736. The van der Waals surface area contributed by atoms with E-state index < -0.39 is 5.82 Å². The predicted octanol–water partition coefficient (Wildman–Crippen LogP) is 4.69. The summed E-state index contributed by atoms with van der Waals surface area (Å²) in [6.07, 6.45) is 3.85. The van der Waals surface area contributed by atoms with Gasteiger partial charge in [0.25, 0.3) is 0 Å². The quantitative estimate of drug-likeness (QED) is 0.314. The van der Waals surface area contributed by atoms with E-state index in [1.54, 1.807) is 18.2 Å². The van der Waals surface area contributed by atoms with E-state index in [9.17, 15) is 9.90 Å². The smallest absolute Gasteiger partial charge is 0.341 e. The lowest BCUT2D eigenvalue weighted by Gasteiger charge is -2.41. The molecule has 7 rings (SSSR count). The number of likely N-dealkylation sites (tertiary alicyclic amines) is 1. The number of urea groups is 1. The number of ether oxygens (including phenoxy) is 1. The van der Waals surface area contributed by atoms with Crippen LogP contribution in [0.1, 0.15) is 25.7 Å². The molecule has 2 amide bonds. The Hall–Kier alpha value is -4.22. The van der Waals surface area contributed by atoms with Crippen molar-refractivity contribution in [2.24, 2.45) is 0 Å². The number of aromatic hydroxyl groups is 1. The van der Waals surface area contributed by atoms with Gasteiger partial charge in [-0.2, -0.15) is 9.97 Å². The first-order valence-electron chi connectivity index (χ1n) is 14.8. The largest absolute Gasteiger partial charge is 0.508 e. The van der Waals surface area contributed by atoms with Crippen molar-refractivity contribution < 1.29 is 23.9 Å². The van der Waals surface area contributed by atoms with Crippen molar-refractivity contribution in [2.75, 3.05) is 45.3 Å². The second-order valence-corrected chi connectivity index (χ2v) is 11.8. The third-order valence-electron chi connectivity index (χ3n) is 9.18. The van der Waals surface area contributed by atoms with Crippen molar-refractivity contribution in [3.05, 3.63) is 54.3 Å². The summed E-state index contributed by atoms with van der Waals surface area (Å²) >= 11 is 0. The number of fused-ring (bicyclic) bond motifs is 4. The molecule has 4 aromatic rings. The summed E-state index contributed by atoms with van der Waals surface area (Å²) in [5.74, 6) is 0.155. The van der Waals surface area contributed by atoms with Crippen molar-refractivity contribution in [1.82, 2.24) is 25.2 Å². The van der Waals surface area contributed by atoms with E-state index in [-0.39, 0.29) is 41.4 Å². The van der Waals surface area contributed by atoms with Gasteiger partial charge >= 0.3 is 12.0 Å². The Balaban J connectivity index is 1.31. The number of hydrogen-bond donors (Lipinski definition) is 2. The molecule has 3 unspecified atom stereocenters. The molecule has 224 valence electrons. The second-order valence-electron chi connectivity index (χ2n) is 11.8. The van der Waals surface area contributed by atoms with Gasteiger partial charge in [-0.25, -0.2) is 14.7 Å². The van der Waals surface area contributed by atoms with E-state index in [1.807, 2.05) is 35.2 Å². The number of amides is 2.